The third-order valence-electron chi connectivity index (χ3n) is 5.05. The summed E-state index contributed by atoms with van der Waals surface area (Å²) in [6, 6.07) is 6.52. The van der Waals surface area contributed by atoms with E-state index < -0.39 is 0 Å². The molecule has 0 saturated heterocycles. The Bertz CT molecular complexity index is 613. The SMILES string of the molecule is CCCCCCCCCCOC(=O)c1ccc(C(=O)OCC(C)CC(C)(C)C)cc1. The number of carbonyl (C=O) groups excluding carboxylic acids is 2. The minimum absolute atomic E-state index is 0.211. The molecule has 0 fully saturated rings. The van der Waals surface area contributed by atoms with Gasteiger partial charge in [-0.05, 0) is 48.4 Å². The number of rotatable bonds is 14. The number of carbonyl (C=O) groups is 2. The fourth-order valence-corrected chi connectivity index (χ4v) is 3.63. The standard InChI is InChI=1S/C26H42O4/c1-6-7-8-9-10-11-12-13-18-29-24(27)22-14-16-23(17-15-22)25(28)30-20-21(2)19-26(3,4)5/h14-17,21H,6-13,18-20H2,1-5H3. The maximum absolute atomic E-state index is 12.2. The van der Waals surface area contributed by atoms with E-state index in [9.17, 15) is 9.59 Å². The van der Waals surface area contributed by atoms with Gasteiger partial charge in [0.2, 0.25) is 0 Å². The van der Waals surface area contributed by atoms with Gasteiger partial charge in [0.1, 0.15) is 0 Å². The second-order valence-electron chi connectivity index (χ2n) is 9.66. The van der Waals surface area contributed by atoms with Crippen molar-refractivity contribution in [1.29, 1.82) is 0 Å². The summed E-state index contributed by atoms with van der Waals surface area (Å²) < 4.78 is 10.8. The average molecular weight is 419 g/mol. The molecule has 0 aliphatic heterocycles. The quantitative estimate of drug-likeness (QED) is 0.236. The number of hydrogen-bond acceptors (Lipinski definition) is 4. The first-order chi connectivity index (χ1) is 14.2. The topological polar surface area (TPSA) is 52.6 Å². The molecule has 0 aliphatic carbocycles. The van der Waals surface area contributed by atoms with Crippen molar-refractivity contribution >= 4 is 11.9 Å². The monoisotopic (exact) mass is 418 g/mol. The molecule has 1 atom stereocenters. The first kappa shape index (κ1) is 26.2. The van der Waals surface area contributed by atoms with Crippen LogP contribution in [0.5, 0.6) is 0 Å². The van der Waals surface area contributed by atoms with Crippen molar-refractivity contribution < 1.29 is 19.1 Å². The lowest BCUT2D eigenvalue weighted by molar-refractivity contribution is 0.0418. The van der Waals surface area contributed by atoms with Crippen molar-refractivity contribution in [3.63, 3.8) is 0 Å². The van der Waals surface area contributed by atoms with Gasteiger partial charge in [-0.2, -0.15) is 0 Å². The summed E-state index contributed by atoms with van der Waals surface area (Å²) in [5, 5.41) is 0. The molecule has 0 aliphatic rings. The van der Waals surface area contributed by atoms with Crippen molar-refractivity contribution in [2.45, 2.75) is 92.4 Å². The van der Waals surface area contributed by atoms with Crippen LogP contribution in [0.1, 0.15) is 113 Å². The molecular formula is C26H42O4. The summed E-state index contributed by atoms with van der Waals surface area (Å²) in [5.74, 6) is -0.384. The number of benzene rings is 1. The molecule has 4 nitrogen and oxygen atoms in total. The largest absolute Gasteiger partial charge is 0.462 e. The van der Waals surface area contributed by atoms with Gasteiger partial charge in [-0.1, -0.05) is 79.6 Å². The lowest BCUT2D eigenvalue weighted by atomic mass is 9.86. The third kappa shape index (κ3) is 12.0. The molecule has 1 unspecified atom stereocenters. The van der Waals surface area contributed by atoms with E-state index in [4.69, 9.17) is 9.47 Å². The molecular weight excluding hydrogens is 376 g/mol. The average Bonchev–Trinajstić information content (AvgIpc) is 2.69. The molecule has 30 heavy (non-hydrogen) atoms. The Hall–Kier alpha value is -1.84. The smallest absolute Gasteiger partial charge is 0.338 e. The van der Waals surface area contributed by atoms with Gasteiger partial charge in [0.05, 0.1) is 24.3 Å². The minimum Gasteiger partial charge on any atom is -0.462 e. The van der Waals surface area contributed by atoms with Crippen LogP contribution in [0.25, 0.3) is 0 Å². The van der Waals surface area contributed by atoms with Crippen LogP contribution >= 0.6 is 0 Å². The number of unbranched alkanes of at least 4 members (excludes halogenated alkanes) is 7. The van der Waals surface area contributed by atoms with Gasteiger partial charge in [0.15, 0.2) is 0 Å². The van der Waals surface area contributed by atoms with Crippen LogP contribution in [-0.2, 0) is 9.47 Å². The molecule has 0 bridgehead atoms. The highest BCUT2D eigenvalue weighted by Gasteiger charge is 2.17. The van der Waals surface area contributed by atoms with Crippen LogP contribution in [0.2, 0.25) is 0 Å². The first-order valence-electron chi connectivity index (χ1n) is 11.7. The predicted molar refractivity (Wildman–Crippen MR) is 123 cm³/mol. The van der Waals surface area contributed by atoms with Crippen molar-refractivity contribution in [2.24, 2.45) is 11.3 Å². The van der Waals surface area contributed by atoms with Crippen LogP contribution in [0.3, 0.4) is 0 Å². The molecule has 4 heteroatoms. The van der Waals surface area contributed by atoms with Gasteiger partial charge in [-0.25, -0.2) is 9.59 Å². The second-order valence-corrected chi connectivity index (χ2v) is 9.66. The van der Waals surface area contributed by atoms with Crippen LogP contribution in [0, 0.1) is 11.3 Å². The highest BCUT2D eigenvalue weighted by molar-refractivity contribution is 5.93. The molecule has 0 saturated carbocycles. The van der Waals surface area contributed by atoms with Crippen LogP contribution < -0.4 is 0 Å². The highest BCUT2D eigenvalue weighted by Crippen LogP contribution is 2.24. The van der Waals surface area contributed by atoms with Crippen molar-refractivity contribution in [2.75, 3.05) is 13.2 Å². The van der Waals surface area contributed by atoms with E-state index >= 15 is 0 Å². The molecule has 0 heterocycles. The van der Waals surface area contributed by atoms with E-state index in [2.05, 4.69) is 34.6 Å². The zero-order valence-corrected chi connectivity index (χ0v) is 19.8. The lowest BCUT2D eigenvalue weighted by Crippen LogP contribution is -2.18. The molecule has 0 aromatic heterocycles. The molecule has 1 rings (SSSR count). The maximum atomic E-state index is 12.2. The van der Waals surface area contributed by atoms with Crippen LogP contribution in [0.15, 0.2) is 24.3 Å². The Morgan fingerprint density at radius 3 is 1.77 bits per heavy atom. The molecule has 0 N–H and O–H groups in total. The number of ether oxygens (including phenoxy) is 2. The maximum Gasteiger partial charge on any atom is 0.338 e. The van der Waals surface area contributed by atoms with E-state index in [0.717, 1.165) is 19.3 Å². The summed E-state index contributed by atoms with van der Waals surface area (Å²) in [6.07, 6.45) is 10.7. The van der Waals surface area contributed by atoms with Crippen LogP contribution in [0.4, 0.5) is 0 Å². The molecule has 0 amide bonds. The summed E-state index contributed by atoms with van der Waals surface area (Å²) in [7, 11) is 0. The second kappa shape index (κ2) is 14.2. The normalized spacial score (nSPS) is 12.4. The summed E-state index contributed by atoms with van der Waals surface area (Å²) in [4.78, 5) is 24.4. The first-order valence-corrected chi connectivity index (χ1v) is 11.7. The fourth-order valence-electron chi connectivity index (χ4n) is 3.63. The van der Waals surface area contributed by atoms with Crippen molar-refractivity contribution in [1.82, 2.24) is 0 Å². The lowest BCUT2D eigenvalue weighted by Gasteiger charge is -2.22. The zero-order chi connectivity index (χ0) is 22.4. The Kier molecular flexibility index (Phi) is 12.4. The van der Waals surface area contributed by atoms with E-state index in [1.165, 1.54) is 38.5 Å². The van der Waals surface area contributed by atoms with Crippen molar-refractivity contribution in [3.05, 3.63) is 35.4 Å². The Labute approximate surface area is 183 Å². The van der Waals surface area contributed by atoms with Crippen molar-refractivity contribution in [3.8, 4) is 0 Å². The summed E-state index contributed by atoms with van der Waals surface area (Å²) >= 11 is 0. The summed E-state index contributed by atoms with van der Waals surface area (Å²) in [5.41, 5.74) is 1.13. The number of hydrogen-bond donors (Lipinski definition) is 0. The fraction of sp³-hybridized carbons (Fsp3) is 0.692. The number of esters is 2. The third-order valence-corrected chi connectivity index (χ3v) is 5.05. The Morgan fingerprint density at radius 1 is 0.800 bits per heavy atom. The predicted octanol–water partition coefficient (Wildman–Crippen LogP) is 7.21. The molecule has 0 spiro atoms. The molecule has 1 aromatic rings. The Morgan fingerprint density at radius 2 is 1.27 bits per heavy atom. The van der Waals surface area contributed by atoms with E-state index in [1.807, 2.05) is 0 Å². The Balaban J connectivity index is 2.27. The van der Waals surface area contributed by atoms with E-state index in [1.54, 1.807) is 24.3 Å². The molecule has 0 radical (unpaired) electrons. The van der Waals surface area contributed by atoms with E-state index in [-0.39, 0.29) is 17.4 Å². The summed E-state index contributed by atoms with van der Waals surface area (Å²) in [6.45, 7) is 11.7. The van der Waals surface area contributed by atoms with Gasteiger partial charge in [0.25, 0.3) is 0 Å². The van der Waals surface area contributed by atoms with Gasteiger partial charge in [0, 0.05) is 0 Å². The van der Waals surface area contributed by atoms with Crippen LogP contribution in [-0.4, -0.2) is 25.2 Å². The van der Waals surface area contributed by atoms with E-state index in [0.29, 0.717) is 30.3 Å². The molecule has 1 aromatic carbocycles. The minimum atomic E-state index is -0.352. The van der Waals surface area contributed by atoms with Gasteiger partial charge >= 0.3 is 11.9 Å². The highest BCUT2D eigenvalue weighted by atomic mass is 16.5. The van der Waals surface area contributed by atoms with Gasteiger partial charge in [-0.3, -0.25) is 0 Å². The molecule has 170 valence electrons. The zero-order valence-electron chi connectivity index (χ0n) is 19.8. The van der Waals surface area contributed by atoms with Gasteiger partial charge < -0.3 is 9.47 Å². The van der Waals surface area contributed by atoms with Gasteiger partial charge in [-0.15, -0.1) is 0 Å².